The van der Waals surface area contributed by atoms with E-state index in [0.717, 1.165) is 4.90 Å². The number of nitrogens with zero attached hydrogens (tertiary/aromatic N) is 2. The zero-order valence-electron chi connectivity index (χ0n) is 18.2. The number of aromatic nitrogens is 1. The van der Waals surface area contributed by atoms with Gasteiger partial charge in [0.25, 0.3) is 11.6 Å². The Hall–Kier alpha value is -3.44. The number of nitro benzene ring substituents is 1. The Kier molecular flexibility index (Phi) is 8.21. The third-order valence-corrected chi connectivity index (χ3v) is 7.04. The molecule has 1 aromatic heterocycles. The Morgan fingerprint density at radius 1 is 1.03 bits per heavy atom. The molecule has 0 bridgehead atoms. The number of halogens is 2. The van der Waals surface area contributed by atoms with Crippen LogP contribution in [-0.2, 0) is 4.79 Å². The molecule has 0 saturated heterocycles. The maximum absolute atomic E-state index is 12.5. The van der Waals surface area contributed by atoms with Crippen LogP contribution in [0, 0.1) is 10.1 Å². The molecule has 0 atom stereocenters. The summed E-state index contributed by atoms with van der Waals surface area (Å²) >= 11 is 14.5. The number of rotatable bonds is 8. The molecule has 3 aromatic carbocycles. The number of hydrogen-bond acceptors (Lipinski definition) is 7. The van der Waals surface area contributed by atoms with Gasteiger partial charge in [-0.1, -0.05) is 41.4 Å². The lowest BCUT2D eigenvalue weighted by Crippen LogP contribution is -2.14. The molecule has 0 unspecified atom stereocenters. The van der Waals surface area contributed by atoms with Crippen LogP contribution in [0.1, 0.15) is 10.4 Å². The van der Waals surface area contributed by atoms with Crippen molar-refractivity contribution in [1.82, 2.24) is 4.98 Å². The van der Waals surface area contributed by atoms with Gasteiger partial charge in [-0.05, 0) is 36.4 Å². The summed E-state index contributed by atoms with van der Waals surface area (Å²) in [6.07, 6.45) is 0. The third kappa shape index (κ3) is 6.61. The number of carbonyl (C=O) groups is 2. The predicted octanol–water partition coefficient (Wildman–Crippen LogP) is 7.01. The molecule has 4 aromatic rings. The fourth-order valence-electron chi connectivity index (χ4n) is 3.08. The Morgan fingerprint density at radius 3 is 2.61 bits per heavy atom. The lowest BCUT2D eigenvalue weighted by molar-refractivity contribution is -0.384. The van der Waals surface area contributed by atoms with Gasteiger partial charge in [0.1, 0.15) is 0 Å². The standard InChI is InChI=1S/C24H16Cl2N4O4S2/c25-15-7-8-19(20(26)10-15)23(32)27-16-4-2-6-18(11-16)35-13-22(31)29-24-28-21(12-36-24)14-3-1-5-17(9-14)30(33)34/h1-12H,13H2,(H,27,32)(H,28,29,31). The van der Waals surface area contributed by atoms with E-state index in [9.17, 15) is 19.7 Å². The zero-order chi connectivity index (χ0) is 25.7. The van der Waals surface area contributed by atoms with Crippen molar-refractivity contribution in [3.63, 3.8) is 0 Å². The van der Waals surface area contributed by atoms with Crippen molar-refractivity contribution in [2.24, 2.45) is 0 Å². The number of anilines is 2. The first-order valence-electron chi connectivity index (χ1n) is 10.3. The van der Waals surface area contributed by atoms with Crippen LogP contribution < -0.4 is 10.6 Å². The molecule has 2 N–H and O–H groups in total. The number of hydrogen-bond donors (Lipinski definition) is 2. The summed E-state index contributed by atoms with van der Waals surface area (Å²) in [6.45, 7) is 0. The van der Waals surface area contributed by atoms with E-state index in [1.807, 2.05) is 6.07 Å². The number of benzene rings is 3. The minimum absolute atomic E-state index is 0.0304. The van der Waals surface area contributed by atoms with Crippen LogP contribution in [-0.4, -0.2) is 27.5 Å². The minimum atomic E-state index is -0.469. The van der Waals surface area contributed by atoms with Gasteiger partial charge in [0.05, 0.1) is 27.0 Å². The van der Waals surface area contributed by atoms with Crippen molar-refractivity contribution < 1.29 is 14.5 Å². The van der Waals surface area contributed by atoms with Crippen molar-refractivity contribution >= 4 is 74.6 Å². The van der Waals surface area contributed by atoms with Crippen molar-refractivity contribution in [3.8, 4) is 11.3 Å². The normalized spacial score (nSPS) is 10.6. The SMILES string of the molecule is O=C(CSc1cccc(NC(=O)c2ccc(Cl)cc2Cl)c1)Nc1nc(-c2cccc([N+](=O)[O-])c2)cs1. The molecule has 182 valence electrons. The smallest absolute Gasteiger partial charge is 0.270 e. The van der Waals surface area contributed by atoms with Gasteiger partial charge in [-0.15, -0.1) is 23.1 Å². The van der Waals surface area contributed by atoms with E-state index in [0.29, 0.717) is 32.7 Å². The highest BCUT2D eigenvalue weighted by Gasteiger charge is 2.13. The number of non-ortho nitro benzene ring substituents is 1. The molecular formula is C24H16Cl2N4O4S2. The first kappa shape index (κ1) is 25.6. The largest absolute Gasteiger partial charge is 0.322 e. The number of nitrogens with one attached hydrogen (secondary N) is 2. The molecule has 4 rings (SSSR count). The molecule has 8 nitrogen and oxygen atoms in total. The Balaban J connectivity index is 1.33. The quantitative estimate of drug-likeness (QED) is 0.136. The summed E-state index contributed by atoms with van der Waals surface area (Å²) in [6, 6.07) is 17.9. The van der Waals surface area contributed by atoms with Gasteiger partial charge in [0, 0.05) is 38.7 Å². The number of thioether (sulfide) groups is 1. The molecule has 0 saturated carbocycles. The van der Waals surface area contributed by atoms with Crippen molar-refractivity contribution in [2.75, 3.05) is 16.4 Å². The van der Waals surface area contributed by atoms with Crippen molar-refractivity contribution in [3.05, 3.63) is 97.8 Å². The highest BCUT2D eigenvalue weighted by Crippen LogP contribution is 2.28. The summed E-state index contributed by atoms with van der Waals surface area (Å²) in [5.41, 5.74) is 1.95. The second-order valence-corrected chi connectivity index (χ2v) is 10.0. The highest BCUT2D eigenvalue weighted by atomic mass is 35.5. The van der Waals surface area contributed by atoms with E-state index in [2.05, 4.69) is 15.6 Å². The number of carbonyl (C=O) groups excluding carboxylic acids is 2. The van der Waals surface area contributed by atoms with E-state index in [-0.39, 0.29) is 28.3 Å². The lowest BCUT2D eigenvalue weighted by Gasteiger charge is -2.09. The Morgan fingerprint density at radius 2 is 1.83 bits per heavy atom. The summed E-state index contributed by atoms with van der Waals surface area (Å²) in [5.74, 6) is -0.520. The lowest BCUT2D eigenvalue weighted by atomic mass is 10.1. The molecular weight excluding hydrogens is 543 g/mol. The van der Waals surface area contributed by atoms with Gasteiger partial charge in [0.15, 0.2) is 5.13 Å². The molecule has 0 aliphatic carbocycles. The Labute approximate surface area is 223 Å². The van der Waals surface area contributed by atoms with Gasteiger partial charge in [-0.25, -0.2) is 4.98 Å². The van der Waals surface area contributed by atoms with Crippen molar-refractivity contribution in [1.29, 1.82) is 0 Å². The van der Waals surface area contributed by atoms with Gasteiger partial charge in [-0.2, -0.15) is 0 Å². The van der Waals surface area contributed by atoms with Crippen LogP contribution in [0.4, 0.5) is 16.5 Å². The fourth-order valence-corrected chi connectivity index (χ4v) is 5.07. The van der Waals surface area contributed by atoms with Crippen LogP contribution in [0.25, 0.3) is 11.3 Å². The molecule has 0 radical (unpaired) electrons. The van der Waals surface area contributed by atoms with E-state index in [1.165, 1.54) is 41.3 Å². The van der Waals surface area contributed by atoms with Crippen LogP contribution >= 0.6 is 46.3 Å². The zero-order valence-corrected chi connectivity index (χ0v) is 21.4. The number of amides is 2. The van der Waals surface area contributed by atoms with Crippen LogP contribution in [0.15, 0.2) is 77.0 Å². The van der Waals surface area contributed by atoms with Gasteiger partial charge in [0.2, 0.25) is 5.91 Å². The fraction of sp³-hybridized carbons (Fsp3) is 0.0417. The van der Waals surface area contributed by atoms with Crippen LogP contribution in [0.2, 0.25) is 10.0 Å². The molecule has 2 amide bonds. The molecule has 1 heterocycles. The molecule has 0 aliphatic rings. The molecule has 0 aliphatic heterocycles. The summed E-state index contributed by atoms with van der Waals surface area (Å²) in [5, 5.41) is 19.3. The highest BCUT2D eigenvalue weighted by molar-refractivity contribution is 8.00. The topological polar surface area (TPSA) is 114 Å². The maximum atomic E-state index is 12.5. The average molecular weight is 559 g/mol. The maximum Gasteiger partial charge on any atom is 0.270 e. The van der Waals surface area contributed by atoms with Crippen molar-refractivity contribution in [2.45, 2.75) is 4.90 Å². The van der Waals surface area contributed by atoms with Gasteiger partial charge >= 0.3 is 0 Å². The predicted molar refractivity (Wildman–Crippen MR) is 144 cm³/mol. The van der Waals surface area contributed by atoms with E-state index < -0.39 is 4.92 Å². The second-order valence-electron chi connectivity index (χ2n) is 7.29. The monoisotopic (exact) mass is 558 g/mol. The molecule has 0 fully saturated rings. The van der Waals surface area contributed by atoms with E-state index in [4.69, 9.17) is 23.2 Å². The number of thiazole rings is 1. The van der Waals surface area contributed by atoms with E-state index >= 15 is 0 Å². The molecule has 0 spiro atoms. The second kappa shape index (κ2) is 11.5. The summed E-state index contributed by atoms with van der Waals surface area (Å²) in [7, 11) is 0. The van der Waals surface area contributed by atoms with Crippen LogP contribution in [0.3, 0.4) is 0 Å². The Bertz CT molecular complexity index is 1460. The first-order valence-corrected chi connectivity index (χ1v) is 12.9. The van der Waals surface area contributed by atoms with Crippen LogP contribution in [0.5, 0.6) is 0 Å². The molecule has 36 heavy (non-hydrogen) atoms. The van der Waals surface area contributed by atoms with E-state index in [1.54, 1.807) is 47.8 Å². The first-order chi connectivity index (χ1) is 17.3. The number of nitro groups is 1. The summed E-state index contributed by atoms with van der Waals surface area (Å²) in [4.78, 5) is 40.6. The third-order valence-electron chi connectivity index (χ3n) is 4.74. The molecule has 12 heteroatoms. The summed E-state index contributed by atoms with van der Waals surface area (Å²) < 4.78 is 0. The average Bonchev–Trinajstić information content (AvgIpc) is 3.31. The van der Waals surface area contributed by atoms with Gasteiger partial charge < -0.3 is 10.6 Å². The minimum Gasteiger partial charge on any atom is -0.322 e. The van der Waals surface area contributed by atoms with Gasteiger partial charge in [-0.3, -0.25) is 19.7 Å².